The van der Waals surface area contributed by atoms with Gasteiger partial charge in [0.2, 0.25) is 10.0 Å². The molecule has 8 nitrogen and oxygen atoms in total. The minimum Gasteiger partial charge on any atom is -0.313 e. The van der Waals surface area contributed by atoms with Crippen molar-refractivity contribution in [3.63, 3.8) is 0 Å². The van der Waals surface area contributed by atoms with E-state index >= 15 is 0 Å². The number of hydrazine groups is 1. The van der Waals surface area contributed by atoms with Crippen molar-refractivity contribution < 1.29 is 13.3 Å². The summed E-state index contributed by atoms with van der Waals surface area (Å²) in [5.74, 6) is 0. The van der Waals surface area contributed by atoms with E-state index in [1.807, 2.05) is 5.01 Å². The number of benzene rings is 1. The lowest BCUT2D eigenvalue weighted by molar-refractivity contribution is -0.384. The number of anilines is 1. The van der Waals surface area contributed by atoms with Crippen LogP contribution in [0.3, 0.4) is 0 Å². The maximum absolute atomic E-state index is 12.4. The van der Waals surface area contributed by atoms with E-state index in [9.17, 15) is 18.5 Å². The Bertz CT molecular complexity index is 707. The molecule has 0 unspecified atom stereocenters. The molecule has 1 fully saturated rings. The summed E-state index contributed by atoms with van der Waals surface area (Å²) in [5, 5.41) is 13.3. The molecule has 0 aromatic heterocycles. The maximum Gasteiger partial charge on any atom is 0.295 e. The van der Waals surface area contributed by atoms with Crippen LogP contribution < -0.4 is 10.1 Å². The standard InChI is InChI=1S/C15H24N4O4S/c1-15(2,3)17-24(22,23)12-7-8-13(14(11-12)19(20)21)16-18-9-5-4-6-10-18/h7-8,11,16-17H,4-6,9-10H2,1-3H3. The van der Waals surface area contributed by atoms with Gasteiger partial charge in [0.25, 0.3) is 5.69 Å². The molecule has 0 bridgehead atoms. The predicted molar refractivity (Wildman–Crippen MR) is 92.2 cm³/mol. The van der Waals surface area contributed by atoms with E-state index in [0.717, 1.165) is 38.4 Å². The average Bonchev–Trinajstić information content (AvgIpc) is 2.45. The number of nitro groups is 1. The Morgan fingerprint density at radius 3 is 2.33 bits per heavy atom. The Morgan fingerprint density at radius 1 is 1.17 bits per heavy atom. The normalized spacial score (nSPS) is 16.8. The number of hydrogen-bond donors (Lipinski definition) is 2. The smallest absolute Gasteiger partial charge is 0.295 e. The van der Waals surface area contributed by atoms with Gasteiger partial charge in [-0.3, -0.25) is 10.1 Å². The van der Waals surface area contributed by atoms with E-state index in [-0.39, 0.29) is 10.6 Å². The molecule has 134 valence electrons. The Morgan fingerprint density at radius 2 is 1.79 bits per heavy atom. The Balaban J connectivity index is 2.31. The molecule has 1 aliphatic rings. The summed E-state index contributed by atoms with van der Waals surface area (Å²) < 4.78 is 27.2. The van der Waals surface area contributed by atoms with Crippen molar-refractivity contribution in [1.82, 2.24) is 9.73 Å². The summed E-state index contributed by atoms with van der Waals surface area (Å²) in [6, 6.07) is 3.93. The fraction of sp³-hybridized carbons (Fsp3) is 0.600. The molecule has 1 aliphatic heterocycles. The van der Waals surface area contributed by atoms with E-state index in [2.05, 4.69) is 10.1 Å². The largest absolute Gasteiger partial charge is 0.313 e. The fourth-order valence-corrected chi connectivity index (χ4v) is 4.00. The van der Waals surface area contributed by atoms with Gasteiger partial charge in [0.1, 0.15) is 5.69 Å². The van der Waals surface area contributed by atoms with Crippen LogP contribution in [0.1, 0.15) is 40.0 Å². The first-order valence-corrected chi connectivity index (χ1v) is 9.41. The first kappa shape index (κ1) is 18.6. The van der Waals surface area contributed by atoms with E-state index in [0.29, 0.717) is 5.69 Å². The average molecular weight is 356 g/mol. The Hall–Kier alpha value is -1.71. The van der Waals surface area contributed by atoms with Crippen LogP contribution in [-0.2, 0) is 10.0 Å². The minimum atomic E-state index is -3.82. The van der Waals surface area contributed by atoms with Gasteiger partial charge in [-0.25, -0.2) is 18.1 Å². The third-order valence-electron chi connectivity index (χ3n) is 3.55. The SMILES string of the molecule is CC(C)(C)NS(=O)(=O)c1ccc(NN2CCCCC2)c([N+](=O)[O-])c1. The van der Waals surface area contributed by atoms with E-state index in [4.69, 9.17) is 0 Å². The van der Waals surface area contributed by atoms with E-state index < -0.39 is 20.5 Å². The van der Waals surface area contributed by atoms with Gasteiger partial charge in [-0.1, -0.05) is 6.42 Å². The van der Waals surface area contributed by atoms with Gasteiger partial charge in [0.15, 0.2) is 0 Å². The highest BCUT2D eigenvalue weighted by Crippen LogP contribution is 2.29. The molecule has 0 spiro atoms. The highest BCUT2D eigenvalue weighted by atomic mass is 32.2. The van der Waals surface area contributed by atoms with Crippen LogP contribution in [0.2, 0.25) is 0 Å². The van der Waals surface area contributed by atoms with Crippen LogP contribution in [0.5, 0.6) is 0 Å². The number of nitro benzene ring substituents is 1. The van der Waals surface area contributed by atoms with Crippen LogP contribution in [0.15, 0.2) is 23.1 Å². The lowest BCUT2D eigenvalue weighted by atomic mass is 10.1. The predicted octanol–water partition coefficient (Wildman–Crippen LogP) is 2.48. The second-order valence-electron chi connectivity index (χ2n) is 6.95. The number of sulfonamides is 1. The zero-order chi connectivity index (χ0) is 18.0. The van der Waals surface area contributed by atoms with Gasteiger partial charge in [0.05, 0.1) is 9.82 Å². The topological polar surface area (TPSA) is 105 Å². The summed E-state index contributed by atoms with van der Waals surface area (Å²) in [7, 11) is -3.82. The van der Waals surface area contributed by atoms with Crippen molar-refractivity contribution in [3.05, 3.63) is 28.3 Å². The van der Waals surface area contributed by atoms with Crippen molar-refractivity contribution >= 4 is 21.4 Å². The van der Waals surface area contributed by atoms with Crippen LogP contribution in [0.25, 0.3) is 0 Å². The maximum atomic E-state index is 12.4. The first-order valence-electron chi connectivity index (χ1n) is 7.92. The molecule has 0 atom stereocenters. The minimum absolute atomic E-state index is 0.117. The van der Waals surface area contributed by atoms with Crippen LogP contribution in [0.4, 0.5) is 11.4 Å². The van der Waals surface area contributed by atoms with Crippen molar-refractivity contribution in [2.45, 2.75) is 50.5 Å². The van der Waals surface area contributed by atoms with Gasteiger partial charge in [-0.05, 0) is 45.7 Å². The Labute approximate surface area is 142 Å². The molecule has 0 saturated carbocycles. The van der Waals surface area contributed by atoms with Gasteiger partial charge >= 0.3 is 0 Å². The van der Waals surface area contributed by atoms with Crippen LogP contribution in [-0.4, -0.2) is 37.0 Å². The third-order valence-corrected chi connectivity index (χ3v) is 5.31. The second-order valence-corrected chi connectivity index (χ2v) is 8.63. The zero-order valence-corrected chi connectivity index (χ0v) is 15.0. The molecule has 1 heterocycles. The molecule has 9 heteroatoms. The van der Waals surface area contributed by atoms with Gasteiger partial charge in [0, 0.05) is 24.7 Å². The molecule has 2 rings (SSSR count). The molecular weight excluding hydrogens is 332 g/mol. The first-order chi connectivity index (χ1) is 11.1. The lowest BCUT2D eigenvalue weighted by Gasteiger charge is -2.27. The van der Waals surface area contributed by atoms with E-state index in [1.165, 1.54) is 12.1 Å². The number of nitrogens with zero attached hydrogens (tertiary/aromatic N) is 2. The van der Waals surface area contributed by atoms with Crippen molar-refractivity contribution in [3.8, 4) is 0 Å². The molecule has 0 amide bonds. The summed E-state index contributed by atoms with van der Waals surface area (Å²) in [6.07, 6.45) is 3.21. The van der Waals surface area contributed by atoms with E-state index in [1.54, 1.807) is 20.8 Å². The van der Waals surface area contributed by atoms with Crippen LogP contribution in [0, 0.1) is 10.1 Å². The second kappa shape index (κ2) is 7.04. The highest BCUT2D eigenvalue weighted by molar-refractivity contribution is 7.89. The molecule has 0 radical (unpaired) electrons. The third kappa shape index (κ3) is 4.89. The van der Waals surface area contributed by atoms with Crippen LogP contribution >= 0.6 is 0 Å². The molecule has 1 aromatic rings. The quantitative estimate of drug-likeness (QED) is 0.620. The number of rotatable bonds is 5. The van der Waals surface area contributed by atoms with Gasteiger partial charge in [-0.15, -0.1) is 0 Å². The monoisotopic (exact) mass is 356 g/mol. The van der Waals surface area contributed by atoms with Crippen molar-refractivity contribution in [1.29, 1.82) is 0 Å². The molecule has 0 aliphatic carbocycles. The summed E-state index contributed by atoms with van der Waals surface area (Å²) in [4.78, 5) is 10.7. The van der Waals surface area contributed by atoms with Gasteiger partial charge < -0.3 is 5.43 Å². The molecule has 1 saturated heterocycles. The zero-order valence-electron chi connectivity index (χ0n) is 14.2. The number of hydrogen-bond acceptors (Lipinski definition) is 6. The number of nitrogens with one attached hydrogen (secondary N) is 2. The summed E-state index contributed by atoms with van der Waals surface area (Å²) in [6.45, 7) is 6.76. The molecular formula is C15H24N4O4S. The van der Waals surface area contributed by atoms with Crippen molar-refractivity contribution in [2.24, 2.45) is 0 Å². The Kier molecular flexibility index (Phi) is 5.46. The lowest BCUT2D eigenvalue weighted by Crippen LogP contribution is -2.40. The summed E-state index contributed by atoms with van der Waals surface area (Å²) in [5.41, 5.74) is 2.42. The number of piperidine rings is 1. The molecule has 1 aromatic carbocycles. The van der Waals surface area contributed by atoms with Crippen molar-refractivity contribution in [2.75, 3.05) is 18.5 Å². The molecule has 24 heavy (non-hydrogen) atoms. The summed E-state index contributed by atoms with van der Waals surface area (Å²) >= 11 is 0. The molecule has 2 N–H and O–H groups in total. The van der Waals surface area contributed by atoms with Gasteiger partial charge in [-0.2, -0.15) is 0 Å². The highest BCUT2D eigenvalue weighted by Gasteiger charge is 2.26. The fourth-order valence-electron chi connectivity index (χ4n) is 2.56.